The van der Waals surface area contributed by atoms with Crippen molar-refractivity contribution >= 4 is 6.16 Å². The number of rotatable bonds is 0. The first-order valence-electron chi connectivity index (χ1n) is 1.52. The summed E-state index contributed by atoms with van der Waals surface area (Å²) in [5, 5.41) is 0. The highest BCUT2D eigenvalue weighted by molar-refractivity contribution is 5.62. The molecule has 1 aliphatic heterocycles. The minimum Gasteiger partial charge on any atom is -0.396 e. The van der Waals surface area contributed by atoms with Crippen LogP contribution in [-0.4, -0.2) is 12.9 Å². The molecule has 1 fully saturated rings. The Hall–Kier alpha value is -1.17. The molecule has 0 aliphatic carbocycles. The van der Waals surface area contributed by atoms with Gasteiger partial charge in [0.05, 0.1) is 0 Å². The molecule has 0 unspecified atom stereocenters. The Kier molecular flexibility index (Phi) is 2.53. The number of hydrogen-bond donors (Lipinski definition) is 0. The average Bonchev–Trinajstić information content (AvgIpc) is 1.68. The Morgan fingerprint density at radius 2 is 1.71 bits per heavy atom. The highest BCUT2D eigenvalue weighted by Gasteiger charge is 2.12. The van der Waals surface area contributed by atoms with Crippen molar-refractivity contribution in [2.24, 2.45) is 0 Å². The maximum Gasteiger partial charge on any atom is 0.514 e. The van der Waals surface area contributed by atoms with Gasteiger partial charge in [0.2, 0.25) is 6.79 Å². The van der Waals surface area contributed by atoms with Crippen molar-refractivity contribution in [3.8, 4) is 12.8 Å². The minimum absolute atomic E-state index is 0.138. The summed E-state index contributed by atoms with van der Waals surface area (Å²) in [7, 11) is 0. The van der Waals surface area contributed by atoms with Crippen molar-refractivity contribution in [3.63, 3.8) is 0 Å². The van der Waals surface area contributed by atoms with Gasteiger partial charge in [-0.2, -0.15) is 0 Å². The monoisotopic (exact) mass is 100 g/mol. The third-order valence-corrected chi connectivity index (χ3v) is 0.354. The van der Waals surface area contributed by atoms with E-state index in [9.17, 15) is 4.79 Å². The van der Waals surface area contributed by atoms with E-state index >= 15 is 0 Å². The average molecular weight is 100 g/mol. The Morgan fingerprint density at radius 1 is 1.43 bits per heavy atom. The van der Waals surface area contributed by atoms with E-state index in [-0.39, 0.29) is 6.79 Å². The maximum atomic E-state index is 9.45. The van der Waals surface area contributed by atoms with Crippen LogP contribution < -0.4 is 0 Å². The van der Waals surface area contributed by atoms with Crippen LogP contribution in [-0.2, 0) is 9.47 Å². The van der Waals surface area contributed by atoms with Crippen LogP contribution in [0.1, 0.15) is 0 Å². The molecule has 0 aromatic carbocycles. The molecule has 1 aliphatic rings. The number of cyclic esters (lactones) is 2. The molecule has 0 bridgehead atoms. The van der Waals surface area contributed by atoms with Gasteiger partial charge in [0.15, 0.2) is 0 Å². The Balaban J connectivity index is 0.000000162. The van der Waals surface area contributed by atoms with Crippen molar-refractivity contribution in [2.45, 2.75) is 0 Å². The van der Waals surface area contributed by atoms with E-state index in [0.717, 1.165) is 0 Å². The fraction of sp³-hybridized carbons (Fsp3) is 0.250. The summed E-state index contributed by atoms with van der Waals surface area (Å²) in [4.78, 5) is 9.45. The Labute approximate surface area is 41.2 Å². The molecule has 3 nitrogen and oxygen atoms in total. The second-order valence-electron chi connectivity index (χ2n) is 0.657. The molecule has 1 rings (SSSR count). The van der Waals surface area contributed by atoms with Crippen molar-refractivity contribution in [1.29, 1.82) is 0 Å². The third-order valence-electron chi connectivity index (χ3n) is 0.354. The molecular weight excluding hydrogens is 96.0 g/mol. The number of hydrogen-bond acceptors (Lipinski definition) is 3. The molecular formula is C4H4O3. The van der Waals surface area contributed by atoms with E-state index in [4.69, 9.17) is 0 Å². The van der Waals surface area contributed by atoms with Gasteiger partial charge in [0.1, 0.15) is 0 Å². The number of terminal acetylenes is 1. The van der Waals surface area contributed by atoms with Crippen LogP contribution in [0.4, 0.5) is 4.79 Å². The van der Waals surface area contributed by atoms with Crippen LogP contribution in [0.3, 0.4) is 0 Å². The van der Waals surface area contributed by atoms with Crippen LogP contribution in [0.15, 0.2) is 0 Å². The molecule has 0 N–H and O–H groups in total. The molecule has 7 heavy (non-hydrogen) atoms. The van der Waals surface area contributed by atoms with Crippen molar-refractivity contribution in [3.05, 3.63) is 0 Å². The Bertz CT molecular complexity index is 78.2. The van der Waals surface area contributed by atoms with Crippen LogP contribution in [0.5, 0.6) is 0 Å². The predicted molar refractivity (Wildman–Crippen MR) is 22.3 cm³/mol. The summed E-state index contributed by atoms with van der Waals surface area (Å²) in [6.07, 6.45) is 7.44. The first kappa shape index (κ1) is 5.83. The summed E-state index contributed by atoms with van der Waals surface area (Å²) >= 11 is 0. The van der Waals surface area contributed by atoms with Gasteiger partial charge in [-0.15, -0.1) is 12.8 Å². The summed E-state index contributed by atoms with van der Waals surface area (Å²) in [5.74, 6) is 0. The second-order valence-corrected chi connectivity index (χ2v) is 0.657. The lowest BCUT2D eigenvalue weighted by molar-refractivity contribution is -0.102. The van der Waals surface area contributed by atoms with Crippen molar-refractivity contribution in [1.82, 2.24) is 0 Å². The topological polar surface area (TPSA) is 35.5 Å². The molecule has 0 radical (unpaired) electrons. The zero-order valence-corrected chi connectivity index (χ0v) is 3.59. The van der Waals surface area contributed by atoms with E-state index in [1.807, 2.05) is 0 Å². The molecule has 38 valence electrons. The molecule has 0 amide bonds. The van der Waals surface area contributed by atoms with Gasteiger partial charge >= 0.3 is 6.16 Å². The van der Waals surface area contributed by atoms with Gasteiger partial charge in [0.25, 0.3) is 0 Å². The zero-order valence-electron chi connectivity index (χ0n) is 3.59. The summed E-state index contributed by atoms with van der Waals surface area (Å²) < 4.78 is 8.14. The van der Waals surface area contributed by atoms with Gasteiger partial charge in [-0.25, -0.2) is 4.79 Å². The number of ether oxygens (including phenoxy) is 2. The van der Waals surface area contributed by atoms with Crippen LogP contribution >= 0.6 is 0 Å². The molecule has 0 aromatic rings. The van der Waals surface area contributed by atoms with E-state index in [1.54, 1.807) is 0 Å². The highest BCUT2D eigenvalue weighted by Crippen LogP contribution is 1.94. The lowest BCUT2D eigenvalue weighted by Crippen LogP contribution is -2.21. The summed E-state index contributed by atoms with van der Waals surface area (Å²) in [5.41, 5.74) is 0. The predicted octanol–water partition coefficient (Wildman–Crippen LogP) is 0.360. The van der Waals surface area contributed by atoms with Gasteiger partial charge in [-0.3, -0.25) is 0 Å². The second kappa shape index (κ2) is 3.04. The lowest BCUT2D eigenvalue weighted by Gasteiger charge is -2.10. The molecule has 0 saturated carbocycles. The fourth-order valence-corrected chi connectivity index (χ4v) is 0.107. The van der Waals surface area contributed by atoms with Gasteiger partial charge in [-0.1, -0.05) is 0 Å². The summed E-state index contributed by atoms with van der Waals surface area (Å²) in [6, 6.07) is 0. The summed E-state index contributed by atoms with van der Waals surface area (Å²) in [6.45, 7) is 0.138. The SMILES string of the molecule is C#C.O=C1OCO1. The van der Waals surface area contributed by atoms with Crippen molar-refractivity contribution in [2.75, 3.05) is 6.79 Å². The Morgan fingerprint density at radius 3 is 1.71 bits per heavy atom. The quantitative estimate of drug-likeness (QED) is 0.325. The standard InChI is InChI=1S/C2H2O3.C2H2/c3-2-4-1-5-2;1-2/h1H2;1-2H. The van der Waals surface area contributed by atoms with Crippen LogP contribution in [0, 0.1) is 12.8 Å². The largest absolute Gasteiger partial charge is 0.514 e. The fourth-order valence-electron chi connectivity index (χ4n) is 0.107. The van der Waals surface area contributed by atoms with E-state index in [2.05, 4.69) is 22.3 Å². The van der Waals surface area contributed by atoms with Gasteiger partial charge in [0, 0.05) is 0 Å². The molecule has 3 heteroatoms. The first-order chi connectivity index (χ1) is 3.39. The lowest BCUT2D eigenvalue weighted by atomic mass is 11.1. The highest BCUT2D eigenvalue weighted by atomic mass is 16.9. The third kappa shape index (κ3) is 1.66. The van der Waals surface area contributed by atoms with Gasteiger partial charge in [-0.05, 0) is 0 Å². The number of carbonyl (C=O) groups is 1. The molecule has 0 aromatic heterocycles. The van der Waals surface area contributed by atoms with Gasteiger partial charge < -0.3 is 9.47 Å². The van der Waals surface area contributed by atoms with Crippen LogP contribution in [0.2, 0.25) is 0 Å². The number of carbonyl (C=O) groups excluding carboxylic acids is 1. The van der Waals surface area contributed by atoms with E-state index < -0.39 is 6.16 Å². The molecule has 0 atom stereocenters. The van der Waals surface area contributed by atoms with E-state index in [0.29, 0.717) is 0 Å². The van der Waals surface area contributed by atoms with E-state index in [1.165, 1.54) is 0 Å². The smallest absolute Gasteiger partial charge is 0.396 e. The molecule has 1 heterocycles. The zero-order chi connectivity index (χ0) is 5.70. The normalized spacial score (nSPS) is 13.7. The molecule has 0 spiro atoms. The van der Waals surface area contributed by atoms with Crippen LogP contribution in [0.25, 0.3) is 0 Å². The first-order valence-corrected chi connectivity index (χ1v) is 1.52. The molecule has 1 saturated heterocycles. The minimum atomic E-state index is -0.565. The van der Waals surface area contributed by atoms with Crippen molar-refractivity contribution < 1.29 is 14.3 Å². The maximum absolute atomic E-state index is 9.45.